The average Bonchev–Trinajstić information content (AvgIpc) is 3.89. The van der Waals surface area contributed by atoms with Crippen molar-refractivity contribution in [3.8, 4) is 39.8 Å². The summed E-state index contributed by atoms with van der Waals surface area (Å²) in [6.07, 6.45) is 4.78. The normalized spacial score (nSPS) is 15.7. The first-order chi connectivity index (χ1) is 31.7. The van der Waals surface area contributed by atoms with Gasteiger partial charge in [0.05, 0.1) is 27.8 Å². The summed E-state index contributed by atoms with van der Waals surface area (Å²) >= 11 is 0. The second-order valence-electron chi connectivity index (χ2n) is 16.5. The molecule has 0 saturated heterocycles. The summed E-state index contributed by atoms with van der Waals surface area (Å²) in [5.41, 5.74) is 14.2. The molecule has 5 heteroatoms. The predicted octanol–water partition coefficient (Wildman–Crippen LogP) is 14.5. The highest BCUT2D eigenvalue weighted by molar-refractivity contribution is 6.12. The van der Waals surface area contributed by atoms with E-state index in [4.69, 9.17) is 14.7 Å². The standard InChI is InChI=1S/C59H42N4O/c1-39-49(41-20-8-3-9-21-41)36-43(40-18-6-2-7-19-40)30-33-52-57(64-39)59(61-58(60-52)42-22-10-4-11-23-42)63-54-29-17-15-27-48(54)51-38-45(32-35-56(51)63)44-31-34-55-50(37-44)47-26-14-16-28-53(47)62(55)46-24-12-5-13-25-46/h2-32,34-39H,33H2,1H3/b43-30+,49-36+. The molecule has 0 amide bonds. The minimum absolute atomic E-state index is 0.335. The molecule has 4 heterocycles. The average molecular weight is 823 g/mol. The Morgan fingerprint density at radius 3 is 1.58 bits per heavy atom. The minimum Gasteiger partial charge on any atom is -0.480 e. The Bertz CT molecular complexity index is 3600. The van der Waals surface area contributed by atoms with E-state index in [2.05, 4.69) is 216 Å². The lowest BCUT2D eigenvalue weighted by Crippen LogP contribution is -2.18. The number of allylic oxidation sites excluding steroid dienone is 3. The highest BCUT2D eigenvalue weighted by Crippen LogP contribution is 2.42. The van der Waals surface area contributed by atoms with Gasteiger partial charge in [-0.2, -0.15) is 0 Å². The summed E-state index contributed by atoms with van der Waals surface area (Å²) in [6, 6.07) is 73.1. The topological polar surface area (TPSA) is 44.9 Å². The molecule has 64 heavy (non-hydrogen) atoms. The lowest BCUT2D eigenvalue weighted by molar-refractivity contribution is 0.273. The lowest BCUT2D eigenvalue weighted by Gasteiger charge is -2.23. The van der Waals surface area contributed by atoms with Gasteiger partial charge >= 0.3 is 0 Å². The number of hydrogen-bond donors (Lipinski definition) is 0. The SMILES string of the molecule is CC1Oc2c(nc(-c3ccccc3)nc2-n2c3ccccc3c3cc(-c4ccc5c(c4)c4ccccc4n5-c4ccccc4)ccc32)C/C=C(c2ccccc2)\C=C/1c1ccccc1. The Labute approximate surface area is 371 Å². The molecular formula is C59H42N4O. The molecule has 1 aliphatic rings. The molecule has 0 bridgehead atoms. The van der Waals surface area contributed by atoms with Gasteiger partial charge in [-0.25, -0.2) is 9.97 Å². The summed E-state index contributed by atoms with van der Waals surface area (Å²) < 4.78 is 11.9. The Balaban J connectivity index is 1.07. The Morgan fingerprint density at radius 1 is 0.453 bits per heavy atom. The van der Waals surface area contributed by atoms with Crippen molar-refractivity contribution in [2.24, 2.45) is 0 Å². The van der Waals surface area contributed by atoms with Gasteiger partial charge in [-0.1, -0.05) is 164 Å². The molecule has 0 fully saturated rings. The predicted molar refractivity (Wildman–Crippen MR) is 264 cm³/mol. The number of rotatable bonds is 6. The van der Waals surface area contributed by atoms with Crippen molar-refractivity contribution < 1.29 is 4.74 Å². The van der Waals surface area contributed by atoms with Gasteiger partial charge < -0.3 is 9.30 Å². The zero-order valence-corrected chi connectivity index (χ0v) is 35.3. The highest BCUT2D eigenvalue weighted by atomic mass is 16.5. The van der Waals surface area contributed by atoms with E-state index in [1.54, 1.807) is 0 Å². The summed E-state index contributed by atoms with van der Waals surface area (Å²) in [6.45, 7) is 2.14. The lowest BCUT2D eigenvalue weighted by atomic mass is 9.95. The van der Waals surface area contributed by atoms with Gasteiger partial charge in [0.15, 0.2) is 17.4 Å². The zero-order chi connectivity index (χ0) is 42.6. The monoisotopic (exact) mass is 822 g/mol. The molecule has 1 aliphatic heterocycles. The van der Waals surface area contributed by atoms with Crippen LogP contribution in [-0.4, -0.2) is 25.2 Å². The number of fused-ring (bicyclic) bond motifs is 7. The fraction of sp³-hybridized carbons (Fsp3) is 0.0508. The van der Waals surface area contributed by atoms with Crippen LogP contribution in [0.5, 0.6) is 5.75 Å². The molecule has 5 nitrogen and oxygen atoms in total. The molecule has 1 atom stereocenters. The fourth-order valence-corrected chi connectivity index (χ4v) is 9.57. The molecule has 0 radical (unpaired) electrons. The largest absolute Gasteiger partial charge is 0.480 e. The van der Waals surface area contributed by atoms with Crippen molar-refractivity contribution in [2.45, 2.75) is 19.4 Å². The van der Waals surface area contributed by atoms with Crippen LogP contribution in [-0.2, 0) is 6.42 Å². The molecule has 11 aromatic rings. The third-order valence-corrected chi connectivity index (χ3v) is 12.6. The molecule has 304 valence electrons. The van der Waals surface area contributed by atoms with E-state index >= 15 is 0 Å². The van der Waals surface area contributed by atoms with Gasteiger partial charge in [-0.3, -0.25) is 4.57 Å². The Morgan fingerprint density at radius 2 is 0.953 bits per heavy atom. The number of para-hydroxylation sites is 3. The van der Waals surface area contributed by atoms with E-state index in [0.717, 1.165) is 72.2 Å². The van der Waals surface area contributed by atoms with Crippen LogP contribution in [0.1, 0.15) is 23.7 Å². The maximum absolute atomic E-state index is 7.27. The molecule has 0 saturated carbocycles. The van der Waals surface area contributed by atoms with E-state index in [9.17, 15) is 0 Å². The summed E-state index contributed by atoms with van der Waals surface area (Å²) in [5, 5.41) is 4.74. The Kier molecular flexibility index (Phi) is 9.12. The minimum atomic E-state index is -0.335. The van der Waals surface area contributed by atoms with E-state index < -0.39 is 0 Å². The van der Waals surface area contributed by atoms with Crippen LogP contribution in [0.3, 0.4) is 0 Å². The van der Waals surface area contributed by atoms with Gasteiger partial charge in [-0.05, 0) is 94.9 Å². The summed E-state index contributed by atoms with van der Waals surface area (Å²) in [4.78, 5) is 10.8. The van der Waals surface area contributed by atoms with Gasteiger partial charge in [0, 0.05) is 39.2 Å². The number of ether oxygens (including phenoxy) is 1. The van der Waals surface area contributed by atoms with Crippen molar-refractivity contribution in [2.75, 3.05) is 0 Å². The Hall–Kier alpha value is -8.28. The summed E-state index contributed by atoms with van der Waals surface area (Å²) in [7, 11) is 0. The molecule has 1 unspecified atom stereocenters. The van der Waals surface area contributed by atoms with Crippen molar-refractivity contribution in [3.05, 3.63) is 235 Å². The second-order valence-corrected chi connectivity index (χ2v) is 16.5. The zero-order valence-electron chi connectivity index (χ0n) is 35.3. The number of benzene rings is 8. The van der Waals surface area contributed by atoms with Gasteiger partial charge in [0.1, 0.15) is 6.10 Å². The van der Waals surface area contributed by atoms with Crippen molar-refractivity contribution in [3.63, 3.8) is 0 Å². The van der Waals surface area contributed by atoms with Gasteiger partial charge in [0.2, 0.25) is 0 Å². The van der Waals surface area contributed by atoms with Crippen LogP contribution >= 0.6 is 0 Å². The molecular weight excluding hydrogens is 781 g/mol. The van der Waals surface area contributed by atoms with Crippen molar-refractivity contribution in [1.29, 1.82) is 0 Å². The highest BCUT2D eigenvalue weighted by Gasteiger charge is 2.27. The first-order valence-corrected chi connectivity index (χ1v) is 21.9. The maximum Gasteiger partial charge on any atom is 0.185 e. The number of aromatic nitrogens is 4. The molecule has 8 aromatic carbocycles. The molecule has 0 aliphatic carbocycles. The van der Waals surface area contributed by atoms with Crippen LogP contribution in [0.4, 0.5) is 0 Å². The van der Waals surface area contributed by atoms with Gasteiger partial charge in [-0.15, -0.1) is 0 Å². The smallest absolute Gasteiger partial charge is 0.185 e. The number of hydrogen-bond acceptors (Lipinski definition) is 3. The van der Waals surface area contributed by atoms with Crippen LogP contribution < -0.4 is 4.74 Å². The first kappa shape index (κ1) is 37.5. The van der Waals surface area contributed by atoms with E-state index in [0.29, 0.717) is 23.8 Å². The fourth-order valence-electron chi connectivity index (χ4n) is 9.57. The number of nitrogens with zero attached hydrogens (tertiary/aromatic N) is 4. The van der Waals surface area contributed by atoms with Crippen LogP contribution in [0.2, 0.25) is 0 Å². The van der Waals surface area contributed by atoms with Crippen LogP contribution in [0.25, 0.3) is 88.8 Å². The van der Waals surface area contributed by atoms with Crippen LogP contribution in [0.15, 0.2) is 218 Å². The van der Waals surface area contributed by atoms with E-state index in [1.165, 1.54) is 21.8 Å². The molecule has 0 spiro atoms. The maximum atomic E-state index is 7.27. The molecule has 12 rings (SSSR count). The molecule has 0 N–H and O–H groups in total. The van der Waals surface area contributed by atoms with Crippen LogP contribution in [0, 0.1) is 0 Å². The molecule has 3 aromatic heterocycles. The third kappa shape index (κ3) is 6.40. The van der Waals surface area contributed by atoms with Crippen molar-refractivity contribution in [1.82, 2.24) is 19.1 Å². The van der Waals surface area contributed by atoms with E-state index in [1.807, 2.05) is 18.2 Å². The van der Waals surface area contributed by atoms with Gasteiger partial charge in [0.25, 0.3) is 0 Å². The quantitative estimate of drug-likeness (QED) is 0.168. The third-order valence-electron chi connectivity index (χ3n) is 12.6. The van der Waals surface area contributed by atoms with Crippen molar-refractivity contribution >= 4 is 54.8 Å². The first-order valence-electron chi connectivity index (χ1n) is 21.9. The summed E-state index contributed by atoms with van der Waals surface area (Å²) in [5.74, 6) is 2.04. The van der Waals surface area contributed by atoms with E-state index in [-0.39, 0.29) is 6.10 Å². The second kappa shape index (κ2) is 15.6.